The van der Waals surface area contributed by atoms with Gasteiger partial charge in [0.2, 0.25) is 5.91 Å². The largest absolute Gasteiger partial charge is 0.466 e. The molecule has 0 radical (unpaired) electrons. The Balaban J connectivity index is 3.34. The van der Waals surface area contributed by atoms with Crippen LogP contribution < -0.4 is 5.32 Å². The zero-order valence-electron chi connectivity index (χ0n) is 57.4. The van der Waals surface area contributed by atoms with Gasteiger partial charge in [-0.2, -0.15) is 0 Å². The maximum Gasteiger partial charge on any atom is 0.305 e. The van der Waals surface area contributed by atoms with Gasteiger partial charge in [-0.25, -0.2) is 0 Å². The summed E-state index contributed by atoms with van der Waals surface area (Å²) in [4.78, 5) is 24.7. The highest BCUT2D eigenvalue weighted by molar-refractivity contribution is 5.76. The van der Waals surface area contributed by atoms with E-state index in [0.717, 1.165) is 38.5 Å². The van der Waals surface area contributed by atoms with Crippen molar-refractivity contribution in [3.63, 3.8) is 0 Å². The first-order valence-corrected chi connectivity index (χ1v) is 39.0. The van der Waals surface area contributed by atoms with E-state index in [1.165, 1.54) is 385 Å². The second-order valence-electron chi connectivity index (χ2n) is 27.1. The summed E-state index contributed by atoms with van der Waals surface area (Å²) in [6, 6.07) is -0.626. The molecular weight excluding hydrogens is 1030 g/mol. The number of hydrogen-bond acceptors (Lipinski definition) is 5. The maximum atomic E-state index is 12.5. The van der Waals surface area contributed by atoms with Crippen LogP contribution in [-0.4, -0.2) is 47.4 Å². The Labute approximate surface area is 527 Å². The Morgan fingerprint density at radius 3 is 0.810 bits per heavy atom. The first-order chi connectivity index (χ1) is 41.5. The van der Waals surface area contributed by atoms with E-state index in [9.17, 15) is 19.8 Å². The Morgan fingerprint density at radius 2 is 0.548 bits per heavy atom. The SMILES string of the molecule is CCCCCCCCCCCCCCCCCCCCC/C=C/C(O)C(CO)NC(=O)CCCCCCCCCCCCCCCCCCCCCCCCCCCCCCCOC(=O)CCCCCCCCCCCCCCCCCCC. The maximum absolute atomic E-state index is 12.5. The van der Waals surface area contributed by atoms with E-state index in [0.29, 0.717) is 19.4 Å². The molecule has 0 aromatic rings. The lowest BCUT2D eigenvalue weighted by Crippen LogP contribution is -2.45. The molecule has 2 atom stereocenters. The van der Waals surface area contributed by atoms with Crippen molar-refractivity contribution in [2.75, 3.05) is 13.2 Å². The summed E-state index contributed by atoms with van der Waals surface area (Å²) >= 11 is 0. The number of esters is 1. The molecule has 6 nitrogen and oxygen atoms in total. The minimum atomic E-state index is -0.842. The van der Waals surface area contributed by atoms with E-state index in [-0.39, 0.29) is 18.5 Å². The molecule has 0 spiro atoms. The summed E-state index contributed by atoms with van der Waals surface area (Å²) < 4.78 is 5.51. The fourth-order valence-electron chi connectivity index (χ4n) is 12.6. The summed E-state index contributed by atoms with van der Waals surface area (Å²) in [7, 11) is 0. The minimum absolute atomic E-state index is 0.0244. The van der Waals surface area contributed by atoms with Crippen LogP contribution >= 0.6 is 0 Å². The average molecular weight is 1190 g/mol. The predicted octanol–water partition coefficient (Wildman–Crippen LogP) is 25.5. The molecule has 0 aliphatic carbocycles. The standard InChI is InChI=1S/C78H153NO5/c1-3-5-7-9-11-13-15-17-19-21-22-32-35-39-42-46-50-54-58-62-66-70-76(81)75(74-80)79-77(82)71-67-63-59-55-51-47-43-40-36-33-30-28-26-24-23-25-27-29-31-34-37-41-45-49-53-57-61-65-69-73-84-78(83)72-68-64-60-56-52-48-44-38-20-18-16-14-12-10-8-6-4-2/h66,70,75-76,80-81H,3-65,67-69,71-74H2,1-2H3,(H,79,82)/b70-66+. The highest BCUT2D eigenvalue weighted by Crippen LogP contribution is 2.20. The number of rotatable bonds is 74. The lowest BCUT2D eigenvalue weighted by Gasteiger charge is -2.20. The van der Waals surface area contributed by atoms with E-state index < -0.39 is 12.1 Å². The molecule has 1 amide bonds. The summed E-state index contributed by atoms with van der Waals surface area (Å²) in [6.45, 7) is 4.97. The summed E-state index contributed by atoms with van der Waals surface area (Å²) in [5, 5.41) is 23.3. The van der Waals surface area contributed by atoms with Crippen LogP contribution in [0.1, 0.15) is 450 Å². The number of amides is 1. The van der Waals surface area contributed by atoms with Gasteiger partial charge in [0.15, 0.2) is 0 Å². The number of allylic oxidation sites excluding steroid dienone is 1. The second kappa shape index (κ2) is 74.1. The van der Waals surface area contributed by atoms with Crippen molar-refractivity contribution < 1.29 is 24.5 Å². The van der Waals surface area contributed by atoms with Crippen molar-refractivity contribution in [2.45, 2.75) is 463 Å². The first kappa shape index (κ1) is 82.6. The number of carbonyl (C=O) groups excluding carboxylic acids is 2. The molecule has 84 heavy (non-hydrogen) atoms. The van der Waals surface area contributed by atoms with Crippen LogP contribution in [-0.2, 0) is 14.3 Å². The van der Waals surface area contributed by atoms with Gasteiger partial charge in [-0.1, -0.05) is 418 Å². The van der Waals surface area contributed by atoms with Crippen molar-refractivity contribution in [2.24, 2.45) is 0 Å². The molecule has 0 heterocycles. The number of nitrogens with one attached hydrogen (secondary N) is 1. The summed E-state index contributed by atoms with van der Waals surface area (Å²) in [5.41, 5.74) is 0. The van der Waals surface area contributed by atoms with Gasteiger partial charge in [0.05, 0.1) is 25.4 Å². The molecular formula is C78H153NO5. The third-order valence-electron chi connectivity index (χ3n) is 18.6. The van der Waals surface area contributed by atoms with Gasteiger partial charge in [0, 0.05) is 12.8 Å². The summed E-state index contributed by atoms with van der Waals surface area (Å²) in [5.74, 6) is -0.0348. The number of aliphatic hydroxyl groups is 2. The lowest BCUT2D eigenvalue weighted by atomic mass is 10.0. The van der Waals surface area contributed by atoms with Crippen LogP contribution in [0.3, 0.4) is 0 Å². The molecule has 2 unspecified atom stereocenters. The van der Waals surface area contributed by atoms with Gasteiger partial charge in [-0.05, 0) is 32.1 Å². The number of carbonyl (C=O) groups is 2. The van der Waals surface area contributed by atoms with E-state index in [2.05, 4.69) is 19.2 Å². The smallest absolute Gasteiger partial charge is 0.305 e. The molecule has 6 heteroatoms. The van der Waals surface area contributed by atoms with Crippen LogP contribution in [0.25, 0.3) is 0 Å². The number of ether oxygens (including phenoxy) is 1. The normalized spacial score (nSPS) is 12.5. The van der Waals surface area contributed by atoms with Crippen LogP contribution in [0.15, 0.2) is 12.2 Å². The van der Waals surface area contributed by atoms with E-state index in [1.807, 2.05) is 6.08 Å². The van der Waals surface area contributed by atoms with Gasteiger partial charge in [0.1, 0.15) is 0 Å². The fraction of sp³-hybridized carbons (Fsp3) is 0.949. The topological polar surface area (TPSA) is 95.9 Å². The molecule has 0 rings (SSSR count). The lowest BCUT2D eigenvalue weighted by molar-refractivity contribution is -0.143. The van der Waals surface area contributed by atoms with Crippen molar-refractivity contribution >= 4 is 11.9 Å². The number of hydrogen-bond donors (Lipinski definition) is 3. The molecule has 0 saturated heterocycles. The van der Waals surface area contributed by atoms with Crippen molar-refractivity contribution in [1.29, 1.82) is 0 Å². The zero-order valence-corrected chi connectivity index (χ0v) is 57.4. The van der Waals surface area contributed by atoms with Gasteiger partial charge in [0.25, 0.3) is 0 Å². The highest BCUT2D eigenvalue weighted by Gasteiger charge is 2.18. The van der Waals surface area contributed by atoms with Crippen molar-refractivity contribution in [3.05, 3.63) is 12.2 Å². The Hall–Kier alpha value is -1.40. The molecule has 0 aliphatic heterocycles. The molecule has 0 bridgehead atoms. The van der Waals surface area contributed by atoms with E-state index in [1.54, 1.807) is 6.08 Å². The van der Waals surface area contributed by atoms with E-state index in [4.69, 9.17) is 4.74 Å². The predicted molar refractivity (Wildman–Crippen MR) is 370 cm³/mol. The average Bonchev–Trinajstić information content (AvgIpc) is 3.51. The third-order valence-corrected chi connectivity index (χ3v) is 18.6. The number of unbranched alkanes of at least 4 members (excludes halogenated alkanes) is 63. The molecule has 500 valence electrons. The zero-order chi connectivity index (χ0) is 60.6. The molecule has 0 aliphatic rings. The first-order valence-electron chi connectivity index (χ1n) is 39.0. The third kappa shape index (κ3) is 69.7. The molecule has 0 saturated carbocycles. The van der Waals surface area contributed by atoms with Gasteiger partial charge >= 0.3 is 5.97 Å². The van der Waals surface area contributed by atoms with Gasteiger partial charge in [-0.3, -0.25) is 9.59 Å². The van der Waals surface area contributed by atoms with Gasteiger partial charge in [-0.15, -0.1) is 0 Å². The molecule has 0 aromatic carbocycles. The van der Waals surface area contributed by atoms with Crippen LogP contribution in [0.5, 0.6) is 0 Å². The Morgan fingerprint density at radius 1 is 0.321 bits per heavy atom. The molecule has 0 fully saturated rings. The second-order valence-corrected chi connectivity index (χ2v) is 27.1. The van der Waals surface area contributed by atoms with E-state index >= 15 is 0 Å². The Kier molecular flexibility index (Phi) is 72.8. The van der Waals surface area contributed by atoms with Crippen LogP contribution in [0.2, 0.25) is 0 Å². The summed E-state index contributed by atoms with van der Waals surface area (Å²) in [6.07, 6.45) is 93.2. The van der Waals surface area contributed by atoms with Crippen molar-refractivity contribution in [1.82, 2.24) is 5.32 Å². The number of aliphatic hydroxyl groups excluding tert-OH is 2. The molecule has 0 aromatic heterocycles. The van der Waals surface area contributed by atoms with Crippen LogP contribution in [0.4, 0.5) is 0 Å². The van der Waals surface area contributed by atoms with Gasteiger partial charge < -0.3 is 20.3 Å². The van der Waals surface area contributed by atoms with Crippen molar-refractivity contribution in [3.8, 4) is 0 Å². The Bertz CT molecular complexity index is 1270. The molecule has 3 N–H and O–H groups in total. The minimum Gasteiger partial charge on any atom is -0.466 e. The highest BCUT2D eigenvalue weighted by atomic mass is 16.5. The monoisotopic (exact) mass is 1180 g/mol. The quantitative estimate of drug-likeness (QED) is 0.0320. The fourth-order valence-corrected chi connectivity index (χ4v) is 12.6. The van der Waals surface area contributed by atoms with Crippen LogP contribution in [0, 0.1) is 0 Å².